The van der Waals surface area contributed by atoms with E-state index < -0.39 is 48.3 Å². The first-order valence-electron chi connectivity index (χ1n) is 41.7. The molecular weight excluding hydrogens is 1230 g/mol. The maximum atomic E-state index is 9.29. The lowest BCUT2D eigenvalue weighted by atomic mass is 9.86. The van der Waals surface area contributed by atoms with Crippen molar-refractivity contribution in [1.29, 1.82) is 0 Å². The highest BCUT2D eigenvalue weighted by Gasteiger charge is 2.22. The number of benzene rings is 18. The molecule has 0 bridgehead atoms. The van der Waals surface area contributed by atoms with Crippen LogP contribution < -0.4 is 0 Å². The Morgan fingerprint density at radius 3 is 0.892 bits per heavy atom. The van der Waals surface area contributed by atoms with Crippen molar-refractivity contribution in [2.45, 2.75) is 0 Å². The predicted octanol–water partition coefficient (Wildman–Crippen LogP) is 28.5. The highest BCUT2D eigenvalue weighted by molar-refractivity contribution is 6.24. The maximum Gasteiger partial charge on any atom is 0.136 e. The first-order chi connectivity index (χ1) is 57.2. The molecule has 0 aliphatic heterocycles. The zero-order chi connectivity index (χ0) is 81.4. The van der Waals surface area contributed by atoms with Gasteiger partial charge >= 0.3 is 0 Å². The Kier molecular flexibility index (Phi) is 11.3. The van der Waals surface area contributed by atoms with Gasteiger partial charge < -0.3 is 8.83 Å². The number of rotatable bonds is 10. The van der Waals surface area contributed by atoms with E-state index in [0.717, 1.165) is 88.3 Å². The third-order valence-corrected chi connectivity index (χ3v) is 19.4. The molecule has 0 N–H and O–H groups in total. The van der Waals surface area contributed by atoms with E-state index in [1.165, 1.54) is 0 Å². The molecule has 0 amide bonds. The molecule has 0 saturated heterocycles. The standard InChI is InChI=1S/2C50H32O/c1-4-14-33(15-5-1)36-24-27-39(45(30-36)34-16-6-2-7-17-34)37-25-28-40-46-31-38(26-29-47(46)51-48(40)32-37)50-43-22-12-10-20-41(43)49(35-18-8-3-9-19-35)42-21-11-13-23-44(42)50;1-3-12-33(13-4-1)34-22-24-35(25-23-34)37-16-11-17-38(30-37)39-26-28-47-45(31-39)46-32-40(27-29-48(46)51-47)50-43-20-9-7-18-41(43)49(36-14-5-2-6-15-36)42-19-8-10-21-44(42)50/h2*1-32H/i10D,11D,12D,13D,20D,21D,22D,23D;7D,8D,9D,10D,18D,19D,20D,21D. The highest BCUT2D eigenvalue weighted by atomic mass is 16.3. The fraction of sp³-hybridized carbons (Fsp3) is 0. The summed E-state index contributed by atoms with van der Waals surface area (Å²) in [6.07, 6.45) is 0. The van der Waals surface area contributed by atoms with Gasteiger partial charge in [-0.05, 0) is 215 Å². The maximum absolute atomic E-state index is 9.29. The molecule has 102 heavy (non-hydrogen) atoms. The average Bonchev–Trinajstić information content (AvgIpc) is 0.917. The van der Waals surface area contributed by atoms with Crippen molar-refractivity contribution in [1.82, 2.24) is 0 Å². The van der Waals surface area contributed by atoms with Crippen molar-refractivity contribution >= 4 is 87.0 Å². The van der Waals surface area contributed by atoms with Crippen LogP contribution in [0.15, 0.2) is 397 Å². The van der Waals surface area contributed by atoms with E-state index in [0.29, 0.717) is 66.8 Å². The molecule has 0 aliphatic carbocycles. The average molecular weight is 1310 g/mol. The molecule has 2 heteroatoms. The second-order valence-electron chi connectivity index (χ2n) is 25.3. The van der Waals surface area contributed by atoms with Crippen LogP contribution in [0, 0.1) is 0 Å². The van der Waals surface area contributed by atoms with Crippen LogP contribution in [0.4, 0.5) is 0 Å². The van der Waals surface area contributed by atoms with Crippen molar-refractivity contribution in [3.63, 3.8) is 0 Å². The van der Waals surface area contributed by atoms with Gasteiger partial charge in [-0.25, -0.2) is 0 Å². The van der Waals surface area contributed by atoms with E-state index in [9.17, 15) is 11.0 Å². The second kappa shape index (κ2) is 25.5. The summed E-state index contributed by atoms with van der Waals surface area (Å²) in [7, 11) is 0. The summed E-state index contributed by atoms with van der Waals surface area (Å²) in [5.74, 6) is 0. The van der Waals surface area contributed by atoms with Crippen LogP contribution in [0.3, 0.4) is 0 Å². The number of hydrogen-bond donors (Lipinski definition) is 0. The van der Waals surface area contributed by atoms with Crippen molar-refractivity contribution in [2.75, 3.05) is 0 Å². The Bertz CT molecular complexity index is 7420. The van der Waals surface area contributed by atoms with E-state index in [1.54, 1.807) is 60.7 Å². The van der Waals surface area contributed by atoms with E-state index >= 15 is 0 Å². The minimum absolute atomic E-state index is 0.175. The first-order valence-corrected chi connectivity index (χ1v) is 33.7. The molecule has 0 fully saturated rings. The van der Waals surface area contributed by atoms with Gasteiger partial charge in [-0.15, -0.1) is 0 Å². The molecule has 18 aromatic carbocycles. The Morgan fingerprint density at radius 2 is 0.441 bits per heavy atom. The lowest BCUT2D eigenvalue weighted by Gasteiger charge is -2.17. The van der Waals surface area contributed by atoms with Crippen LogP contribution in [0.1, 0.15) is 21.9 Å². The van der Waals surface area contributed by atoms with Crippen LogP contribution in [0.5, 0.6) is 0 Å². The van der Waals surface area contributed by atoms with Crippen LogP contribution in [0.25, 0.3) is 198 Å². The number of hydrogen-bond acceptors (Lipinski definition) is 2. The number of furan rings is 2. The largest absolute Gasteiger partial charge is 0.456 e. The van der Waals surface area contributed by atoms with Crippen molar-refractivity contribution in [3.05, 3.63) is 388 Å². The zero-order valence-corrected chi connectivity index (χ0v) is 54.5. The molecule has 20 rings (SSSR count). The summed E-state index contributed by atoms with van der Waals surface area (Å²) in [5, 5.41) is 4.59. The predicted molar refractivity (Wildman–Crippen MR) is 432 cm³/mol. The Morgan fingerprint density at radius 1 is 0.157 bits per heavy atom. The summed E-state index contributed by atoms with van der Waals surface area (Å²) >= 11 is 0. The van der Waals surface area contributed by atoms with Crippen LogP contribution in [0.2, 0.25) is 0 Å². The summed E-state index contributed by atoms with van der Waals surface area (Å²) in [4.78, 5) is 0. The lowest BCUT2D eigenvalue weighted by molar-refractivity contribution is 0.668. The SMILES string of the molecule is [2H]c1c([2H])c([2H])c2c(-c3ccc4oc5cc(-c6ccc(-c7ccccc7)cc6-c6ccccc6)ccc5c4c3)c3c([2H])c([2H])c([2H])c([2H])c3c(-c3ccccc3)c2c1[2H].[2H]c1c([2H])c([2H])c2c(-c3ccc4oc5ccc(-c6cccc(-c7ccc(-c8ccccc8)cc7)c6)cc5c4c3)c3c([2H])c([2H])c([2H])c([2H])c3c(-c3ccccc3)c2c1[2H]. The van der Waals surface area contributed by atoms with Crippen molar-refractivity contribution in [3.8, 4) is 111 Å². The molecule has 476 valence electrons. The van der Waals surface area contributed by atoms with Crippen molar-refractivity contribution in [2.24, 2.45) is 0 Å². The second-order valence-corrected chi connectivity index (χ2v) is 25.3. The van der Waals surface area contributed by atoms with Gasteiger partial charge in [0.05, 0.1) is 21.9 Å². The minimum atomic E-state index is -0.434. The summed E-state index contributed by atoms with van der Waals surface area (Å²) < 4.78 is 157. The van der Waals surface area contributed by atoms with Gasteiger partial charge in [0, 0.05) is 21.5 Å². The van der Waals surface area contributed by atoms with Gasteiger partial charge in [0.2, 0.25) is 0 Å². The van der Waals surface area contributed by atoms with E-state index in [1.807, 2.05) is 121 Å². The summed E-state index contributed by atoms with van der Waals surface area (Å²) in [6.45, 7) is 0. The normalized spacial score (nSPS) is 13.7. The Labute approximate surface area is 614 Å². The number of fused-ring (bicyclic) bond motifs is 10. The van der Waals surface area contributed by atoms with Gasteiger partial charge in [-0.3, -0.25) is 0 Å². The molecule has 20 aromatic rings. The molecule has 2 aromatic heterocycles. The lowest BCUT2D eigenvalue weighted by Crippen LogP contribution is -1.90. The monoisotopic (exact) mass is 1310 g/mol. The fourth-order valence-electron chi connectivity index (χ4n) is 14.7. The molecule has 0 radical (unpaired) electrons. The Balaban J connectivity index is 0.000000157. The van der Waals surface area contributed by atoms with Gasteiger partial charge in [0.15, 0.2) is 0 Å². The molecular formula is C100H64O2. The first kappa shape index (κ1) is 45.2. The molecule has 0 atom stereocenters. The Hall–Kier alpha value is -13.4. The van der Waals surface area contributed by atoms with E-state index in [-0.39, 0.29) is 91.4 Å². The zero-order valence-electron chi connectivity index (χ0n) is 70.5. The quantitative estimate of drug-likeness (QED) is 0.128. The molecule has 2 nitrogen and oxygen atoms in total. The van der Waals surface area contributed by atoms with E-state index in [4.69, 9.17) is 19.8 Å². The topological polar surface area (TPSA) is 26.3 Å². The van der Waals surface area contributed by atoms with Crippen molar-refractivity contribution < 1.29 is 30.8 Å². The van der Waals surface area contributed by atoms with Crippen LogP contribution >= 0.6 is 0 Å². The highest BCUT2D eigenvalue weighted by Crippen LogP contribution is 2.48. The molecule has 0 saturated carbocycles. The summed E-state index contributed by atoms with van der Waals surface area (Å²) in [6, 6.07) is 89.7. The van der Waals surface area contributed by atoms with Gasteiger partial charge in [-0.2, -0.15) is 0 Å². The molecule has 2 heterocycles. The molecule has 0 spiro atoms. The smallest absolute Gasteiger partial charge is 0.136 e. The van der Waals surface area contributed by atoms with Gasteiger partial charge in [0.1, 0.15) is 22.3 Å². The van der Waals surface area contributed by atoms with Crippen LogP contribution in [-0.4, -0.2) is 0 Å². The van der Waals surface area contributed by atoms with Crippen LogP contribution in [-0.2, 0) is 0 Å². The summed E-state index contributed by atoms with van der Waals surface area (Å²) in [5.41, 5.74) is 18.8. The van der Waals surface area contributed by atoms with E-state index in [2.05, 4.69) is 109 Å². The fourth-order valence-corrected chi connectivity index (χ4v) is 14.7. The molecule has 0 aliphatic rings. The van der Waals surface area contributed by atoms with Gasteiger partial charge in [-0.1, -0.05) is 327 Å². The molecule has 0 unspecified atom stereocenters. The third kappa shape index (κ3) is 10.7. The minimum Gasteiger partial charge on any atom is -0.456 e. The van der Waals surface area contributed by atoms with Gasteiger partial charge in [0.25, 0.3) is 0 Å². The third-order valence-electron chi connectivity index (χ3n) is 19.4.